The molecule has 1 heterocycles. The van der Waals surface area contributed by atoms with E-state index in [1.54, 1.807) is 7.11 Å². The minimum absolute atomic E-state index is 0.439. The van der Waals surface area contributed by atoms with Gasteiger partial charge in [-0.2, -0.15) is 0 Å². The summed E-state index contributed by atoms with van der Waals surface area (Å²) < 4.78 is 10.9. The van der Waals surface area contributed by atoms with E-state index >= 15 is 0 Å². The number of anilines is 1. The molecule has 20 heavy (non-hydrogen) atoms. The van der Waals surface area contributed by atoms with E-state index in [4.69, 9.17) is 9.47 Å². The van der Waals surface area contributed by atoms with Crippen LogP contribution in [-0.2, 0) is 6.61 Å². The molecule has 1 N–H and O–H groups in total. The molecule has 0 saturated carbocycles. The van der Waals surface area contributed by atoms with Crippen molar-refractivity contribution in [1.29, 1.82) is 0 Å². The number of benzene rings is 1. The third kappa shape index (κ3) is 4.16. The van der Waals surface area contributed by atoms with Crippen LogP contribution < -0.4 is 14.8 Å². The summed E-state index contributed by atoms with van der Waals surface area (Å²) in [4.78, 5) is 4.50. The normalized spacial score (nSPS) is 10.1. The van der Waals surface area contributed by atoms with E-state index < -0.39 is 0 Å². The number of aromatic nitrogens is 1. The zero-order valence-corrected chi connectivity index (χ0v) is 11.9. The maximum absolute atomic E-state index is 5.72. The average molecular weight is 272 g/mol. The van der Waals surface area contributed by atoms with Crippen LogP contribution in [0.4, 0.5) is 5.82 Å². The first-order valence-corrected chi connectivity index (χ1v) is 6.78. The van der Waals surface area contributed by atoms with Gasteiger partial charge in [0.05, 0.1) is 12.8 Å². The number of methoxy groups -OCH3 is 1. The van der Waals surface area contributed by atoms with Gasteiger partial charge in [0, 0.05) is 12.6 Å². The zero-order valence-electron chi connectivity index (χ0n) is 11.9. The van der Waals surface area contributed by atoms with E-state index in [-0.39, 0.29) is 0 Å². The van der Waals surface area contributed by atoms with Gasteiger partial charge in [0.2, 0.25) is 0 Å². The van der Waals surface area contributed by atoms with Gasteiger partial charge in [-0.15, -0.1) is 0 Å². The van der Waals surface area contributed by atoms with Crippen LogP contribution in [0.5, 0.6) is 11.5 Å². The van der Waals surface area contributed by atoms with Gasteiger partial charge in [-0.3, -0.25) is 0 Å². The van der Waals surface area contributed by atoms with E-state index in [0.717, 1.165) is 36.0 Å². The maximum Gasteiger partial charge on any atom is 0.130 e. The molecule has 0 aliphatic heterocycles. The molecule has 0 saturated heterocycles. The van der Waals surface area contributed by atoms with E-state index in [2.05, 4.69) is 17.2 Å². The number of rotatable bonds is 7. The molecule has 0 amide bonds. The van der Waals surface area contributed by atoms with Crippen molar-refractivity contribution in [2.45, 2.75) is 20.0 Å². The number of ether oxygens (including phenoxy) is 2. The summed E-state index contributed by atoms with van der Waals surface area (Å²) >= 11 is 0. The molecule has 0 unspecified atom stereocenters. The second-order valence-corrected chi connectivity index (χ2v) is 4.41. The zero-order chi connectivity index (χ0) is 14.2. The average Bonchev–Trinajstić information content (AvgIpc) is 2.51. The Balaban J connectivity index is 1.95. The number of pyridine rings is 1. The second kappa shape index (κ2) is 7.38. The Morgan fingerprint density at radius 3 is 2.70 bits per heavy atom. The summed E-state index contributed by atoms with van der Waals surface area (Å²) in [6, 6.07) is 13.5. The summed E-state index contributed by atoms with van der Waals surface area (Å²) in [5, 5.41) is 3.26. The Morgan fingerprint density at radius 2 is 1.90 bits per heavy atom. The highest BCUT2D eigenvalue weighted by Gasteiger charge is 2.00. The molecule has 1 aromatic heterocycles. The fourth-order valence-corrected chi connectivity index (χ4v) is 1.76. The lowest BCUT2D eigenvalue weighted by Crippen LogP contribution is -2.04. The SMILES string of the molecule is CCCNc1cccc(COc2cccc(OC)c2)n1. The van der Waals surface area contributed by atoms with Crippen LogP contribution >= 0.6 is 0 Å². The van der Waals surface area contributed by atoms with Crippen LogP contribution in [0.3, 0.4) is 0 Å². The van der Waals surface area contributed by atoms with Crippen LogP contribution in [0.2, 0.25) is 0 Å². The van der Waals surface area contributed by atoms with Gasteiger partial charge in [0.1, 0.15) is 23.9 Å². The van der Waals surface area contributed by atoms with Crippen molar-refractivity contribution in [3.8, 4) is 11.5 Å². The lowest BCUT2D eigenvalue weighted by molar-refractivity contribution is 0.299. The molecular formula is C16H20N2O2. The minimum atomic E-state index is 0.439. The molecule has 0 radical (unpaired) electrons. The summed E-state index contributed by atoms with van der Waals surface area (Å²) in [7, 11) is 1.64. The highest BCUT2D eigenvalue weighted by atomic mass is 16.5. The third-order valence-corrected chi connectivity index (χ3v) is 2.79. The molecule has 1 aromatic carbocycles. The monoisotopic (exact) mass is 272 g/mol. The Labute approximate surface area is 119 Å². The third-order valence-electron chi connectivity index (χ3n) is 2.79. The Kier molecular flexibility index (Phi) is 5.24. The molecule has 2 rings (SSSR count). The standard InChI is InChI=1S/C16H20N2O2/c1-3-10-17-16-9-4-6-13(18-16)12-20-15-8-5-7-14(11-15)19-2/h4-9,11H,3,10,12H2,1-2H3,(H,17,18). The smallest absolute Gasteiger partial charge is 0.130 e. The first-order chi connectivity index (χ1) is 9.81. The number of hydrogen-bond acceptors (Lipinski definition) is 4. The van der Waals surface area contributed by atoms with Gasteiger partial charge >= 0.3 is 0 Å². The lowest BCUT2D eigenvalue weighted by atomic mass is 10.3. The number of nitrogens with zero attached hydrogens (tertiary/aromatic N) is 1. The Morgan fingerprint density at radius 1 is 1.10 bits per heavy atom. The molecule has 0 bridgehead atoms. The van der Waals surface area contributed by atoms with Gasteiger partial charge in [-0.25, -0.2) is 4.98 Å². The molecule has 0 aliphatic carbocycles. The van der Waals surface area contributed by atoms with Crippen LogP contribution in [0.1, 0.15) is 19.0 Å². The second-order valence-electron chi connectivity index (χ2n) is 4.41. The lowest BCUT2D eigenvalue weighted by Gasteiger charge is -2.09. The molecule has 4 nitrogen and oxygen atoms in total. The predicted octanol–water partition coefficient (Wildman–Crippen LogP) is 3.49. The first kappa shape index (κ1) is 14.2. The Hall–Kier alpha value is -2.23. The van der Waals surface area contributed by atoms with Gasteiger partial charge in [-0.1, -0.05) is 19.1 Å². The van der Waals surface area contributed by atoms with Crippen molar-refractivity contribution in [3.63, 3.8) is 0 Å². The van der Waals surface area contributed by atoms with E-state index in [1.165, 1.54) is 0 Å². The fraction of sp³-hybridized carbons (Fsp3) is 0.312. The molecule has 2 aromatic rings. The first-order valence-electron chi connectivity index (χ1n) is 6.78. The molecular weight excluding hydrogens is 252 g/mol. The van der Waals surface area contributed by atoms with Crippen molar-refractivity contribution in [2.75, 3.05) is 19.0 Å². The quantitative estimate of drug-likeness (QED) is 0.838. The highest BCUT2D eigenvalue weighted by molar-refractivity contribution is 5.36. The van der Waals surface area contributed by atoms with Crippen LogP contribution in [0.15, 0.2) is 42.5 Å². The van der Waals surface area contributed by atoms with E-state index in [1.807, 2.05) is 42.5 Å². The molecule has 0 atom stereocenters. The van der Waals surface area contributed by atoms with Gasteiger partial charge < -0.3 is 14.8 Å². The summed E-state index contributed by atoms with van der Waals surface area (Å²) in [5.41, 5.74) is 0.897. The van der Waals surface area contributed by atoms with Crippen molar-refractivity contribution in [1.82, 2.24) is 4.98 Å². The van der Waals surface area contributed by atoms with Crippen LogP contribution in [-0.4, -0.2) is 18.6 Å². The van der Waals surface area contributed by atoms with Crippen molar-refractivity contribution in [3.05, 3.63) is 48.2 Å². The van der Waals surface area contributed by atoms with E-state index in [9.17, 15) is 0 Å². The predicted molar refractivity (Wildman–Crippen MR) is 80.3 cm³/mol. The highest BCUT2D eigenvalue weighted by Crippen LogP contribution is 2.19. The maximum atomic E-state index is 5.72. The molecule has 0 spiro atoms. The topological polar surface area (TPSA) is 43.4 Å². The summed E-state index contributed by atoms with van der Waals surface area (Å²) in [5.74, 6) is 2.45. The van der Waals surface area contributed by atoms with Crippen molar-refractivity contribution >= 4 is 5.82 Å². The Bertz CT molecular complexity index is 544. The number of nitrogens with one attached hydrogen (secondary N) is 1. The summed E-state index contributed by atoms with van der Waals surface area (Å²) in [6.45, 7) is 3.49. The fourth-order valence-electron chi connectivity index (χ4n) is 1.76. The van der Waals surface area contributed by atoms with Crippen LogP contribution in [0.25, 0.3) is 0 Å². The minimum Gasteiger partial charge on any atom is -0.497 e. The molecule has 4 heteroatoms. The molecule has 0 aliphatic rings. The largest absolute Gasteiger partial charge is 0.497 e. The van der Waals surface area contributed by atoms with Gasteiger partial charge in [0.25, 0.3) is 0 Å². The molecule has 106 valence electrons. The van der Waals surface area contributed by atoms with Gasteiger partial charge in [-0.05, 0) is 30.7 Å². The number of hydrogen-bond donors (Lipinski definition) is 1. The summed E-state index contributed by atoms with van der Waals surface area (Å²) in [6.07, 6.45) is 1.08. The van der Waals surface area contributed by atoms with Gasteiger partial charge in [0.15, 0.2) is 0 Å². The van der Waals surface area contributed by atoms with Crippen LogP contribution in [0, 0.1) is 0 Å². The molecule has 0 fully saturated rings. The van der Waals surface area contributed by atoms with Crippen molar-refractivity contribution in [2.24, 2.45) is 0 Å². The van der Waals surface area contributed by atoms with E-state index in [0.29, 0.717) is 6.61 Å². The van der Waals surface area contributed by atoms with Crippen molar-refractivity contribution < 1.29 is 9.47 Å².